The van der Waals surface area contributed by atoms with E-state index in [-0.39, 0.29) is 11.8 Å². The van der Waals surface area contributed by atoms with Crippen LogP contribution in [0.5, 0.6) is 11.5 Å². The summed E-state index contributed by atoms with van der Waals surface area (Å²) >= 11 is 0. The van der Waals surface area contributed by atoms with E-state index in [1.54, 1.807) is 38.5 Å². The molecule has 6 heteroatoms. The first-order valence-electron chi connectivity index (χ1n) is 10.0. The third kappa shape index (κ3) is 5.73. The van der Waals surface area contributed by atoms with Crippen molar-refractivity contribution in [3.63, 3.8) is 0 Å². The number of benzene rings is 2. The minimum absolute atomic E-state index is 0.0526. The molecule has 0 heterocycles. The number of hydrogen-bond donors (Lipinski definition) is 2. The zero-order chi connectivity index (χ0) is 20.6. The summed E-state index contributed by atoms with van der Waals surface area (Å²) in [6.45, 7) is 0. The van der Waals surface area contributed by atoms with Gasteiger partial charge in [0.25, 0.3) is 5.91 Å². The predicted molar refractivity (Wildman–Crippen MR) is 113 cm³/mol. The first-order chi connectivity index (χ1) is 14.1. The molecule has 6 nitrogen and oxygen atoms in total. The minimum Gasteiger partial charge on any atom is -0.493 e. The van der Waals surface area contributed by atoms with E-state index in [4.69, 9.17) is 9.47 Å². The van der Waals surface area contributed by atoms with Crippen molar-refractivity contribution < 1.29 is 19.1 Å². The molecule has 0 radical (unpaired) electrons. The summed E-state index contributed by atoms with van der Waals surface area (Å²) in [5, 5.41) is 5.94. The van der Waals surface area contributed by atoms with Gasteiger partial charge in [0, 0.05) is 23.7 Å². The van der Waals surface area contributed by atoms with Crippen LogP contribution in [0.4, 0.5) is 5.69 Å². The zero-order valence-electron chi connectivity index (χ0n) is 17.0. The Morgan fingerprint density at radius 1 is 0.966 bits per heavy atom. The highest BCUT2D eigenvalue weighted by molar-refractivity contribution is 5.96. The zero-order valence-corrected chi connectivity index (χ0v) is 17.0. The van der Waals surface area contributed by atoms with Crippen LogP contribution < -0.4 is 20.1 Å². The smallest absolute Gasteiger partial charge is 0.251 e. The van der Waals surface area contributed by atoms with Crippen molar-refractivity contribution in [2.45, 2.75) is 44.6 Å². The van der Waals surface area contributed by atoms with Crippen molar-refractivity contribution in [2.24, 2.45) is 0 Å². The second-order valence-corrected chi connectivity index (χ2v) is 7.27. The number of ether oxygens (including phenoxy) is 2. The number of nitrogens with one attached hydrogen (secondary N) is 2. The molecule has 1 aliphatic rings. The number of hydrogen-bond acceptors (Lipinski definition) is 4. The van der Waals surface area contributed by atoms with E-state index >= 15 is 0 Å². The van der Waals surface area contributed by atoms with Crippen LogP contribution in [-0.2, 0) is 11.2 Å². The fraction of sp³-hybridized carbons (Fsp3) is 0.391. The Kier molecular flexibility index (Phi) is 7.11. The number of carbonyl (C=O) groups is 2. The van der Waals surface area contributed by atoms with Gasteiger partial charge in [-0.3, -0.25) is 9.59 Å². The van der Waals surface area contributed by atoms with Gasteiger partial charge in [-0.1, -0.05) is 18.9 Å². The summed E-state index contributed by atoms with van der Waals surface area (Å²) in [4.78, 5) is 24.5. The molecule has 2 aromatic rings. The Balaban J connectivity index is 1.49. The fourth-order valence-electron chi connectivity index (χ4n) is 3.56. The topological polar surface area (TPSA) is 76.7 Å². The molecule has 0 spiro atoms. The lowest BCUT2D eigenvalue weighted by atomic mass is 10.1. The molecular weight excluding hydrogens is 368 g/mol. The molecule has 154 valence electrons. The molecule has 0 aromatic heterocycles. The van der Waals surface area contributed by atoms with Gasteiger partial charge in [0.15, 0.2) is 11.5 Å². The van der Waals surface area contributed by atoms with Gasteiger partial charge in [-0.05, 0) is 61.2 Å². The number of carbonyl (C=O) groups excluding carboxylic acids is 2. The highest BCUT2D eigenvalue weighted by Crippen LogP contribution is 2.28. The van der Waals surface area contributed by atoms with E-state index in [1.165, 1.54) is 12.8 Å². The molecule has 2 aromatic carbocycles. The molecule has 0 aliphatic heterocycles. The first-order valence-corrected chi connectivity index (χ1v) is 10.0. The molecular formula is C23H28N2O4. The van der Waals surface area contributed by atoms with Crippen molar-refractivity contribution >= 4 is 17.5 Å². The highest BCUT2D eigenvalue weighted by atomic mass is 16.5. The average Bonchev–Trinajstić information content (AvgIpc) is 3.25. The van der Waals surface area contributed by atoms with E-state index in [0.717, 1.165) is 18.4 Å². The molecule has 1 saturated carbocycles. The van der Waals surface area contributed by atoms with Crippen LogP contribution in [0.1, 0.15) is 48.0 Å². The van der Waals surface area contributed by atoms with Crippen molar-refractivity contribution in [3.8, 4) is 11.5 Å². The van der Waals surface area contributed by atoms with Gasteiger partial charge < -0.3 is 20.1 Å². The monoisotopic (exact) mass is 396 g/mol. The normalized spacial score (nSPS) is 13.7. The summed E-state index contributed by atoms with van der Waals surface area (Å²) in [5.74, 6) is 1.18. The third-order valence-electron chi connectivity index (χ3n) is 5.21. The maximum Gasteiger partial charge on any atom is 0.251 e. The summed E-state index contributed by atoms with van der Waals surface area (Å²) in [5.41, 5.74) is 2.29. The van der Waals surface area contributed by atoms with E-state index < -0.39 is 0 Å². The van der Waals surface area contributed by atoms with Crippen LogP contribution in [0.15, 0.2) is 42.5 Å². The fourth-order valence-corrected chi connectivity index (χ4v) is 3.56. The summed E-state index contributed by atoms with van der Waals surface area (Å²) in [6.07, 6.45) is 5.41. The van der Waals surface area contributed by atoms with E-state index in [0.29, 0.717) is 41.6 Å². The molecule has 2 amide bonds. The van der Waals surface area contributed by atoms with Crippen LogP contribution in [0, 0.1) is 0 Å². The van der Waals surface area contributed by atoms with E-state index in [1.807, 2.05) is 18.2 Å². The molecule has 0 unspecified atom stereocenters. The molecule has 29 heavy (non-hydrogen) atoms. The predicted octanol–water partition coefficient (Wildman–Crippen LogP) is 3.95. The molecule has 3 rings (SSSR count). The Bertz CT molecular complexity index is 842. The largest absolute Gasteiger partial charge is 0.493 e. The van der Waals surface area contributed by atoms with Gasteiger partial charge in [-0.25, -0.2) is 0 Å². The minimum atomic E-state index is -0.0806. The summed E-state index contributed by atoms with van der Waals surface area (Å²) in [7, 11) is 3.18. The number of aryl methyl sites for hydroxylation is 1. The average molecular weight is 396 g/mol. The van der Waals surface area contributed by atoms with Gasteiger partial charge >= 0.3 is 0 Å². The van der Waals surface area contributed by atoms with Crippen molar-refractivity contribution in [2.75, 3.05) is 19.5 Å². The van der Waals surface area contributed by atoms with E-state index in [9.17, 15) is 9.59 Å². The van der Waals surface area contributed by atoms with Gasteiger partial charge in [0.1, 0.15) is 0 Å². The quantitative estimate of drug-likeness (QED) is 0.708. The van der Waals surface area contributed by atoms with Crippen molar-refractivity contribution in [3.05, 3.63) is 53.6 Å². The lowest BCUT2D eigenvalue weighted by Gasteiger charge is -2.12. The lowest BCUT2D eigenvalue weighted by Crippen LogP contribution is -2.32. The van der Waals surface area contributed by atoms with Crippen LogP contribution >= 0.6 is 0 Å². The highest BCUT2D eigenvalue weighted by Gasteiger charge is 2.17. The standard InChI is InChI=1S/C23H28N2O4/c1-28-20-13-7-16(15-21(20)29-2)8-14-22(26)24-19-11-9-17(10-12-19)23(27)25-18-5-3-4-6-18/h7,9-13,15,18H,3-6,8,14H2,1-2H3,(H,24,26)(H,25,27). The number of methoxy groups -OCH3 is 2. The van der Waals surface area contributed by atoms with Gasteiger partial charge in [-0.2, -0.15) is 0 Å². The Labute approximate surface area is 171 Å². The molecule has 0 atom stereocenters. The van der Waals surface area contributed by atoms with Crippen LogP contribution in [0.2, 0.25) is 0 Å². The van der Waals surface area contributed by atoms with Gasteiger partial charge in [0.2, 0.25) is 5.91 Å². The SMILES string of the molecule is COc1ccc(CCC(=O)Nc2ccc(C(=O)NC3CCCC3)cc2)cc1OC. The number of amides is 2. The molecule has 1 fully saturated rings. The Morgan fingerprint density at radius 2 is 1.66 bits per heavy atom. The van der Waals surface area contributed by atoms with E-state index in [2.05, 4.69) is 10.6 Å². The second-order valence-electron chi connectivity index (χ2n) is 7.27. The molecule has 0 saturated heterocycles. The molecule has 1 aliphatic carbocycles. The maximum atomic E-state index is 12.3. The molecule has 0 bridgehead atoms. The lowest BCUT2D eigenvalue weighted by molar-refractivity contribution is -0.116. The van der Waals surface area contributed by atoms with Crippen LogP contribution in [0.25, 0.3) is 0 Å². The van der Waals surface area contributed by atoms with Gasteiger partial charge in [-0.15, -0.1) is 0 Å². The van der Waals surface area contributed by atoms with Gasteiger partial charge in [0.05, 0.1) is 14.2 Å². The van der Waals surface area contributed by atoms with Crippen LogP contribution in [-0.4, -0.2) is 32.1 Å². The third-order valence-corrected chi connectivity index (χ3v) is 5.21. The van der Waals surface area contributed by atoms with Crippen molar-refractivity contribution in [1.29, 1.82) is 0 Å². The number of rotatable bonds is 8. The summed E-state index contributed by atoms with van der Waals surface area (Å²) in [6, 6.07) is 12.9. The number of anilines is 1. The van der Waals surface area contributed by atoms with Crippen molar-refractivity contribution in [1.82, 2.24) is 5.32 Å². The summed E-state index contributed by atoms with van der Waals surface area (Å²) < 4.78 is 10.5. The maximum absolute atomic E-state index is 12.3. The van der Waals surface area contributed by atoms with Crippen LogP contribution in [0.3, 0.4) is 0 Å². The first kappa shape index (κ1) is 20.7. The molecule has 2 N–H and O–H groups in total. The second kappa shape index (κ2) is 9.96. The Morgan fingerprint density at radius 3 is 2.31 bits per heavy atom. The Hall–Kier alpha value is -3.02.